The van der Waals surface area contributed by atoms with Crippen LogP contribution in [-0.4, -0.2) is 84.3 Å². The summed E-state index contributed by atoms with van der Waals surface area (Å²) in [5.41, 5.74) is 1.96. The molecule has 0 aromatic heterocycles. The lowest BCUT2D eigenvalue weighted by Gasteiger charge is -2.47. The van der Waals surface area contributed by atoms with Crippen LogP contribution in [0.5, 0.6) is 0 Å². The Labute approximate surface area is 231 Å². The second-order valence-electron chi connectivity index (χ2n) is 12.0. The molecule has 5 unspecified atom stereocenters. The number of hydrogen-bond donors (Lipinski definition) is 1. The first-order valence-electron chi connectivity index (χ1n) is 13.1. The monoisotopic (exact) mass is 558 g/mol. The van der Waals surface area contributed by atoms with Gasteiger partial charge >= 0.3 is 0 Å². The maximum atomic E-state index is 14.3. The minimum absolute atomic E-state index is 0. The van der Waals surface area contributed by atoms with Crippen LogP contribution in [0.4, 0.5) is 4.39 Å². The quantitative estimate of drug-likeness (QED) is 0.341. The molecule has 1 saturated carbocycles. The number of alkyl halides is 2. The third-order valence-electron chi connectivity index (χ3n) is 8.31. The van der Waals surface area contributed by atoms with E-state index in [1.807, 2.05) is 0 Å². The SMILES string of the molecule is C.COCC1CC(F)CC(CN[C@@H](CN2CCC(C3=CCC(Cl)CC3)C(C)(C)C2)C(C)C)C1.O.O.O.O. The Morgan fingerprint density at radius 1 is 1.11 bits per heavy atom. The van der Waals surface area contributed by atoms with Gasteiger partial charge in [0.05, 0.1) is 0 Å². The maximum Gasteiger partial charge on any atom is 0.101 e. The first-order chi connectivity index (χ1) is 15.2. The van der Waals surface area contributed by atoms with Gasteiger partial charge in [-0.1, -0.05) is 46.8 Å². The second-order valence-corrected chi connectivity index (χ2v) is 12.6. The van der Waals surface area contributed by atoms with Crippen LogP contribution in [-0.2, 0) is 4.74 Å². The standard InChI is InChI=1S/C27H48ClFN2O.CH4.4H2O/c1-19(2)26(30-15-20-12-21(17-32-5)14-24(29)13-20)16-31-11-10-25(27(3,4)18-31)22-6-8-23(28)9-7-22;;;;;/h6,19-21,23-26,30H,7-18H2,1-5H3;1H4;4*1H2/t20?,21?,23?,24?,25?,26-;;;;;/m0...../s1. The fourth-order valence-electron chi connectivity index (χ4n) is 6.58. The Kier molecular flexibility index (Phi) is 21.0. The normalized spacial score (nSPS) is 30.3. The Morgan fingerprint density at radius 3 is 2.30 bits per heavy atom. The summed E-state index contributed by atoms with van der Waals surface area (Å²) in [7, 11) is 1.73. The van der Waals surface area contributed by atoms with Gasteiger partial charge in [-0.3, -0.25) is 0 Å². The number of likely N-dealkylation sites (tertiary alicyclic amines) is 1. The van der Waals surface area contributed by atoms with Crippen molar-refractivity contribution in [1.82, 2.24) is 10.2 Å². The second kappa shape index (κ2) is 18.9. The third-order valence-corrected chi connectivity index (χ3v) is 8.71. The van der Waals surface area contributed by atoms with Gasteiger partial charge in [-0.2, -0.15) is 0 Å². The topological polar surface area (TPSA) is 150 Å². The van der Waals surface area contributed by atoms with Gasteiger partial charge < -0.3 is 36.9 Å². The molecular formula is C28H60ClFN2O5. The molecule has 1 aliphatic heterocycles. The van der Waals surface area contributed by atoms with Crippen molar-refractivity contribution in [2.75, 3.05) is 39.9 Å². The number of hydrogen-bond acceptors (Lipinski definition) is 3. The van der Waals surface area contributed by atoms with Crippen LogP contribution in [0, 0.1) is 29.1 Å². The summed E-state index contributed by atoms with van der Waals surface area (Å²) < 4.78 is 19.6. The van der Waals surface area contributed by atoms with Gasteiger partial charge in [0.25, 0.3) is 0 Å². The molecule has 2 fully saturated rings. The summed E-state index contributed by atoms with van der Waals surface area (Å²) in [6.07, 6.45) is 8.84. The minimum atomic E-state index is -0.670. The number of ether oxygens (including phenoxy) is 1. The number of piperidine rings is 1. The van der Waals surface area contributed by atoms with Gasteiger partial charge in [-0.15, -0.1) is 11.6 Å². The molecule has 3 rings (SSSR count). The highest BCUT2D eigenvalue weighted by atomic mass is 35.5. The fourth-order valence-corrected chi connectivity index (χ4v) is 6.78. The lowest BCUT2D eigenvalue weighted by molar-refractivity contribution is 0.0555. The van der Waals surface area contributed by atoms with Gasteiger partial charge in [-0.25, -0.2) is 4.39 Å². The highest BCUT2D eigenvalue weighted by Crippen LogP contribution is 2.43. The van der Waals surface area contributed by atoms with Crippen molar-refractivity contribution in [3.8, 4) is 0 Å². The summed E-state index contributed by atoms with van der Waals surface area (Å²) >= 11 is 6.33. The molecule has 9 N–H and O–H groups in total. The summed E-state index contributed by atoms with van der Waals surface area (Å²) in [5.74, 6) is 2.05. The highest BCUT2D eigenvalue weighted by molar-refractivity contribution is 6.20. The number of halogens is 2. The summed E-state index contributed by atoms with van der Waals surface area (Å²) in [6.45, 7) is 14.6. The van der Waals surface area contributed by atoms with Crippen LogP contribution in [0.25, 0.3) is 0 Å². The molecule has 0 amide bonds. The van der Waals surface area contributed by atoms with Crippen molar-refractivity contribution in [2.24, 2.45) is 29.1 Å². The highest BCUT2D eigenvalue weighted by Gasteiger charge is 2.39. The summed E-state index contributed by atoms with van der Waals surface area (Å²) in [5, 5.41) is 4.19. The lowest BCUT2D eigenvalue weighted by atomic mass is 9.68. The zero-order valence-corrected chi connectivity index (χ0v) is 24.0. The van der Waals surface area contributed by atoms with E-state index >= 15 is 0 Å². The Bertz CT molecular complexity index is 625. The van der Waals surface area contributed by atoms with Crippen molar-refractivity contribution < 1.29 is 31.0 Å². The maximum absolute atomic E-state index is 14.3. The van der Waals surface area contributed by atoms with Crippen molar-refractivity contribution in [3.05, 3.63) is 11.6 Å². The molecule has 1 saturated heterocycles. The predicted octanol–water partition coefficient (Wildman–Crippen LogP) is 3.40. The number of methoxy groups -OCH3 is 1. The van der Waals surface area contributed by atoms with Crippen molar-refractivity contribution >= 4 is 11.6 Å². The summed E-state index contributed by atoms with van der Waals surface area (Å²) in [6, 6.07) is 0.453. The molecule has 0 radical (unpaired) electrons. The largest absolute Gasteiger partial charge is 0.412 e. The van der Waals surface area contributed by atoms with Gasteiger partial charge in [0.2, 0.25) is 0 Å². The molecule has 6 atom stereocenters. The number of nitrogens with zero attached hydrogens (tertiary/aromatic N) is 1. The first kappa shape index (κ1) is 41.2. The van der Waals surface area contributed by atoms with Crippen LogP contribution in [0.15, 0.2) is 11.6 Å². The number of nitrogens with one attached hydrogen (secondary N) is 1. The van der Waals surface area contributed by atoms with E-state index in [0.717, 1.165) is 38.9 Å². The van der Waals surface area contributed by atoms with E-state index in [-0.39, 0.29) is 29.3 Å². The zero-order chi connectivity index (χ0) is 23.3. The minimum Gasteiger partial charge on any atom is -0.412 e. The molecule has 0 bridgehead atoms. The molecule has 2 aliphatic carbocycles. The first-order valence-corrected chi connectivity index (χ1v) is 13.5. The van der Waals surface area contributed by atoms with Crippen LogP contribution >= 0.6 is 11.6 Å². The van der Waals surface area contributed by atoms with Crippen LogP contribution in [0.3, 0.4) is 0 Å². The van der Waals surface area contributed by atoms with E-state index in [0.29, 0.717) is 60.0 Å². The van der Waals surface area contributed by atoms with Crippen LogP contribution in [0.1, 0.15) is 80.1 Å². The Hall–Kier alpha value is -0.320. The molecule has 0 spiro atoms. The zero-order valence-electron chi connectivity index (χ0n) is 23.2. The van der Waals surface area contributed by atoms with Gasteiger partial charge in [0.15, 0.2) is 0 Å². The smallest absolute Gasteiger partial charge is 0.101 e. The van der Waals surface area contributed by atoms with E-state index in [9.17, 15) is 4.39 Å². The molecule has 3 aliphatic rings. The predicted molar refractivity (Wildman–Crippen MR) is 155 cm³/mol. The van der Waals surface area contributed by atoms with Crippen molar-refractivity contribution in [1.29, 1.82) is 0 Å². The van der Waals surface area contributed by atoms with E-state index in [1.165, 1.54) is 19.4 Å². The lowest BCUT2D eigenvalue weighted by Crippen LogP contribution is -2.52. The van der Waals surface area contributed by atoms with E-state index in [4.69, 9.17) is 16.3 Å². The molecule has 9 heteroatoms. The molecule has 0 aromatic carbocycles. The van der Waals surface area contributed by atoms with E-state index < -0.39 is 6.17 Å². The molecule has 37 heavy (non-hydrogen) atoms. The number of allylic oxidation sites excluding steroid dienone is 2. The molecule has 7 nitrogen and oxygen atoms in total. The Balaban J connectivity index is -0.00000231. The molecule has 0 aromatic rings. The van der Waals surface area contributed by atoms with Gasteiger partial charge in [0, 0.05) is 38.2 Å². The number of rotatable bonds is 9. The average molecular weight is 559 g/mol. The van der Waals surface area contributed by atoms with Crippen molar-refractivity contribution in [3.63, 3.8) is 0 Å². The van der Waals surface area contributed by atoms with Gasteiger partial charge in [-0.05, 0) is 87.1 Å². The summed E-state index contributed by atoms with van der Waals surface area (Å²) in [4.78, 5) is 2.68. The van der Waals surface area contributed by atoms with Crippen LogP contribution in [0.2, 0.25) is 0 Å². The Morgan fingerprint density at radius 2 is 1.76 bits per heavy atom. The fraction of sp³-hybridized carbons (Fsp3) is 0.929. The molecular weight excluding hydrogens is 499 g/mol. The molecule has 226 valence electrons. The third kappa shape index (κ3) is 12.2. The van der Waals surface area contributed by atoms with Gasteiger partial charge in [0.1, 0.15) is 6.17 Å². The van der Waals surface area contributed by atoms with Crippen molar-refractivity contribution in [2.45, 2.75) is 97.7 Å². The average Bonchev–Trinajstić information content (AvgIpc) is 2.71. The molecule has 1 heterocycles. The van der Waals surface area contributed by atoms with Crippen LogP contribution < -0.4 is 5.32 Å². The van der Waals surface area contributed by atoms with E-state index in [2.05, 4.69) is 44.0 Å². The van der Waals surface area contributed by atoms with E-state index in [1.54, 1.807) is 12.7 Å².